The van der Waals surface area contributed by atoms with E-state index >= 15 is 0 Å². The number of nitrogens with one attached hydrogen (secondary N) is 1. The van der Waals surface area contributed by atoms with Crippen molar-refractivity contribution < 1.29 is 0 Å². The average Bonchev–Trinajstić information content (AvgIpc) is 1.95. The molecule has 3 heteroatoms. The van der Waals surface area contributed by atoms with Gasteiger partial charge < -0.3 is 5.32 Å². The Morgan fingerprint density at radius 2 is 2.20 bits per heavy atom. The van der Waals surface area contributed by atoms with Crippen LogP contribution in [-0.4, -0.2) is 17.2 Å². The largest absolute Gasteiger partial charge is 0.314 e. The van der Waals surface area contributed by atoms with E-state index in [0.29, 0.717) is 0 Å². The van der Waals surface area contributed by atoms with Crippen LogP contribution in [0.5, 0.6) is 0 Å². The molecule has 0 aliphatic heterocycles. The molecular formula is C7H11N3. The van der Waals surface area contributed by atoms with Crippen LogP contribution in [0.3, 0.4) is 0 Å². The highest BCUT2D eigenvalue weighted by Crippen LogP contribution is 1.92. The quantitative estimate of drug-likeness (QED) is 0.645. The Morgan fingerprint density at radius 1 is 1.40 bits per heavy atom. The zero-order valence-electron chi connectivity index (χ0n) is 6.26. The minimum absolute atomic E-state index is 0.785. The van der Waals surface area contributed by atoms with Gasteiger partial charge in [0.15, 0.2) is 0 Å². The maximum atomic E-state index is 3.96. The normalized spacial score (nSPS) is 9.80. The molecular weight excluding hydrogens is 126 g/mol. The van der Waals surface area contributed by atoms with Crippen LogP contribution in [0.2, 0.25) is 0 Å². The molecule has 0 aliphatic rings. The summed E-state index contributed by atoms with van der Waals surface area (Å²) in [6.07, 6.45) is 0. The Hall–Kier alpha value is -0.960. The molecule has 0 amide bonds. The van der Waals surface area contributed by atoms with Crippen LogP contribution in [0.4, 0.5) is 0 Å². The molecule has 0 bridgehead atoms. The fraction of sp³-hybridized carbons (Fsp3) is 0.429. The summed E-state index contributed by atoms with van der Waals surface area (Å²) >= 11 is 0. The molecule has 0 atom stereocenters. The lowest BCUT2D eigenvalue weighted by Gasteiger charge is -1.96. The summed E-state index contributed by atoms with van der Waals surface area (Å²) in [6, 6.07) is 3.93. The van der Waals surface area contributed by atoms with Crippen LogP contribution in [-0.2, 0) is 6.54 Å². The molecule has 54 valence electrons. The van der Waals surface area contributed by atoms with E-state index in [1.807, 2.05) is 26.1 Å². The minimum atomic E-state index is 0.785. The highest BCUT2D eigenvalue weighted by molar-refractivity contribution is 5.04. The van der Waals surface area contributed by atoms with Gasteiger partial charge >= 0.3 is 0 Å². The number of hydrogen-bond donors (Lipinski definition) is 1. The van der Waals surface area contributed by atoms with Crippen molar-refractivity contribution in [3.8, 4) is 0 Å². The van der Waals surface area contributed by atoms with E-state index in [1.54, 1.807) is 0 Å². The van der Waals surface area contributed by atoms with Crippen molar-refractivity contribution in [1.82, 2.24) is 15.5 Å². The van der Waals surface area contributed by atoms with Crippen molar-refractivity contribution in [2.24, 2.45) is 0 Å². The van der Waals surface area contributed by atoms with Gasteiger partial charge in [0.2, 0.25) is 0 Å². The summed E-state index contributed by atoms with van der Waals surface area (Å²) in [7, 11) is 1.89. The van der Waals surface area contributed by atoms with Gasteiger partial charge in [-0.15, -0.1) is 0 Å². The molecule has 0 unspecified atom stereocenters. The van der Waals surface area contributed by atoms with Crippen LogP contribution < -0.4 is 5.32 Å². The molecule has 1 aromatic rings. The first-order chi connectivity index (χ1) is 4.83. The van der Waals surface area contributed by atoms with Crippen molar-refractivity contribution >= 4 is 0 Å². The first-order valence-corrected chi connectivity index (χ1v) is 3.27. The van der Waals surface area contributed by atoms with Gasteiger partial charge in [0, 0.05) is 6.54 Å². The van der Waals surface area contributed by atoms with Gasteiger partial charge in [-0.2, -0.15) is 10.2 Å². The second kappa shape index (κ2) is 3.27. The summed E-state index contributed by atoms with van der Waals surface area (Å²) in [5.74, 6) is 0. The molecule has 0 aromatic carbocycles. The SMILES string of the molecule is CNCc1ccc(C)nn1. The Labute approximate surface area is 60.5 Å². The van der Waals surface area contributed by atoms with Gasteiger partial charge in [0.05, 0.1) is 11.4 Å². The molecule has 3 nitrogen and oxygen atoms in total. The van der Waals surface area contributed by atoms with E-state index in [1.165, 1.54) is 0 Å². The summed E-state index contributed by atoms with van der Waals surface area (Å²) in [5, 5.41) is 10.9. The van der Waals surface area contributed by atoms with E-state index < -0.39 is 0 Å². The summed E-state index contributed by atoms with van der Waals surface area (Å²) in [5.41, 5.74) is 1.94. The van der Waals surface area contributed by atoms with E-state index in [-0.39, 0.29) is 0 Å². The summed E-state index contributed by atoms with van der Waals surface area (Å²) in [4.78, 5) is 0. The van der Waals surface area contributed by atoms with Crippen molar-refractivity contribution in [3.05, 3.63) is 23.5 Å². The fourth-order valence-electron chi connectivity index (χ4n) is 0.702. The van der Waals surface area contributed by atoms with Crippen LogP contribution in [0, 0.1) is 6.92 Å². The van der Waals surface area contributed by atoms with E-state index in [9.17, 15) is 0 Å². The highest BCUT2D eigenvalue weighted by atomic mass is 15.1. The number of hydrogen-bond acceptors (Lipinski definition) is 3. The van der Waals surface area contributed by atoms with Crippen LogP contribution >= 0.6 is 0 Å². The Bertz CT molecular complexity index is 193. The molecule has 1 rings (SSSR count). The van der Waals surface area contributed by atoms with Crippen molar-refractivity contribution in [2.75, 3.05) is 7.05 Å². The zero-order valence-corrected chi connectivity index (χ0v) is 6.26. The molecule has 0 fully saturated rings. The number of aryl methyl sites for hydroxylation is 1. The number of rotatable bonds is 2. The van der Waals surface area contributed by atoms with Gasteiger partial charge in [0.25, 0.3) is 0 Å². The Kier molecular flexibility index (Phi) is 2.34. The number of nitrogens with zero attached hydrogens (tertiary/aromatic N) is 2. The molecule has 1 aromatic heterocycles. The summed E-state index contributed by atoms with van der Waals surface area (Å²) in [6.45, 7) is 2.71. The Balaban J connectivity index is 2.69. The van der Waals surface area contributed by atoms with E-state index in [4.69, 9.17) is 0 Å². The second-order valence-corrected chi connectivity index (χ2v) is 2.20. The van der Waals surface area contributed by atoms with Gasteiger partial charge in [0.1, 0.15) is 0 Å². The first-order valence-electron chi connectivity index (χ1n) is 3.27. The predicted octanol–water partition coefficient (Wildman–Crippen LogP) is 0.504. The van der Waals surface area contributed by atoms with Crippen LogP contribution in [0.1, 0.15) is 11.4 Å². The van der Waals surface area contributed by atoms with Crippen molar-refractivity contribution in [1.29, 1.82) is 0 Å². The van der Waals surface area contributed by atoms with Crippen molar-refractivity contribution in [2.45, 2.75) is 13.5 Å². The van der Waals surface area contributed by atoms with Gasteiger partial charge in [-0.05, 0) is 26.1 Å². The molecule has 0 saturated heterocycles. The van der Waals surface area contributed by atoms with Gasteiger partial charge in [-0.1, -0.05) is 0 Å². The molecule has 10 heavy (non-hydrogen) atoms. The molecule has 0 aliphatic carbocycles. The molecule has 1 heterocycles. The monoisotopic (exact) mass is 137 g/mol. The lowest BCUT2D eigenvalue weighted by atomic mass is 10.3. The number of aromatic nitrogens is 2. The fourth-order valence-corrected chi connectivity index (χ4v) is 0.702. The van der Waals surface area contributed by atoms with Crippen LogP contribution in [0.25, 0.3) is 0 Å². The predicted molar refractivity (Wildman–Crippen MR) is 39.5 cm³/mol. The van der Waals surface area contributed by atoms with Crippen molar-refractivity contribution in [3.63, 3.8) is 0 Å². The molecule has 1 N–H and O–H groups in total. The smallest absolute Gasteiger partial charge is 0.0769 e. The molecule has 0 spiro atoms. The van der Waals surface area contributed by atoms with Gasteiger partial charge in [-0.25, -0.2) is 0 Å². The summed E-state index contributed by atoms with van der Waals surface area (Å²) < 4.78 is 0. The van der Waals surface area contributed by atoms with Crippen LogP contribution in [0.15, 0.2) is 12.1 Å². The highest BCUT2D eigenvalue weighted by Gasteiger charge is 1.90. The van der Waals surface area contributed by atoms with Gasteiger partial charge in [-0.3, -0.25) is 0 Å². The lowest BCUT2D eigenvalue weighted by molar-refractivity contribution is 0.762. The Morgan fingerprint density at radius 3 is 2.70 bits per heavy atom. The third-order valence-corrected chi connectivity index (χ3v) is 1.21. The topological polar surface area (TPSA) is 37.8 Å². The average molecular weight is 137 g/mol. The second-order valence-electron chi connectivity index (χ2n) is 2.20. The third-order valence-electron chi connectivity index (χ3n) is 1.21. The molecule has 0 radical (unpaired) electrons. The zero-order chi connectivity index (χ0) is 7.40. The van der Waals surface area contributed by atoms with E-state index in [0.717, 1.165) is 17.9 Å². The third kappa shape index (κ3) is 1.77. The first kappa shape index (κ1) is 7.15. The minimum Gasteiger partial charge on any atom is -0.314 e. The van der Waals surface area contributed by atoms with E-state index in [2.05, 4.69) is 15.5 Å². The molecule has 0 saturated carbocycles. The maximum Gasteiger partial charge on any atom is 0.0769 e. The lowest BCUT2D eigenvalue weighted by Crippen LogP contribution is -2.07. The maximum absolute atomic E-state index is 3.96. The standard InChI is InChI=1S/C7H11N3/c1-6-3-4-7(5-8-2)10-9-6/h3-4,8H,5H2,1-2H3.